The van der Waals surface area contributed by atoms with Gasteiger partial charge in [0.1, 0.15) is 10.0 Å². The summed E-state index contributed by atoms with van der Waals surface area (Å²) in [5.41, 5.74) is 0. The van der Waals surface area contributed by atoms with Gasteiger partial charge in [-0.2, -0.15) is 0 Å². The molecule has 1 saturated carbocycles. The summed E-state index contributed by atoms with van der Waals surface area (Å²) in [4.78, 5) is 0. The lowest BCUT2D eigenvalue weighted by atomic mass is 9.77. The van der Waals surface area contributed by atoms with Gasteiger partial charge < -0.3 is 4.43 Å². The Hall–Kier alpha value is -0.263. The van der Waals surface area contributed by atoms with Gasteiger partial charge in [-0.15, -0.1) is 10.2 Å². The molecule has 0 radical (unpaired) electrons. The molecule has 0 bridgehead atoms. The molecule has 0 spiro atoms. The number of hydrogen-bond acceptors (Lipinski definition) is 4. The smallest absolute Gasteiger partial charge is 0.193 e. The molecule has 1 aliphatic carbocycles. The quantitative estimate of drug-likeness (QED) is 0.722. The number of aromatic nitrogens is 2. The number of nitrogens with zero attached hydrogens (tertiary/aromatic N) is 2. The molecule has 0 unspecified atom stereocenters. The van der Waals surface area contributed by atoms with Crippen molar-refractivity contribution in [1.29, 1.82) is 0 Å². The summed E-state index contributed by atoms with van der Waals surface area (Å²) in [6.45, 7) is 15.8. The molecule has 5 heteroatoms. The highest BCUT2D eigenvalue weighted by molar-refractivity contribution is 7.11. The molecule has 0 N–H and O–H groups in total. The van der Waals surface area contributed by atoms with Crippen molar-refractivity contribution in [2.75, 3.05) is 0 Å². The van der Waals surface area contributed by atoms with Crippen LogP contribution in [0.5, 0.6) is 0 Å². The first-order valence-electron chi connectivity index (χ1n) is 7.61. The summed E-state index contributed by atoms with van der Waals surface area (Å²) >= 11 is 1.75. The average Bonchev–Trinajstić information content (AvgIpc) is 2.71. The lowest BCUT2D eigenvalue weighted by Gasteiger charge is -2.37. The van der Waals surface area contributed by atoms with Gasteiger partial charge in [0.05, 0.1) is 6.10 Å². The van der Waals surface area contributed by atoms with Gasteiger partial charge in [0.15, 0.2) is 8.32 Å². The van der Waals surface area contributed by atoms with Crippen molar-refractivity contribution < 1.29 is 4.43 Å². The summed E-state index contributed by atoms with van der Waals surface area (Å²) in [5.74, 6) is 1.50. The minimum absolute atomic E-state index is 0.0691. The van der Waals surface area contributed by atoms with Gasteiger partial charge in [0.25, 0.3) is 0 Å². The SMILES string of the molecule is C[C@H](O[Si](C)(C)C(C)(C)C)c1nnc([C@H]2C[C@@H](C)C2)s1. The fourth-order valence-corrected chi connectivity index (χ4v) is 4.73. The predicted molar refractivity (Wildman–Crippen MR) is 87.7 cm³/mol. The van der Waals surface area contributed by atoms with E-state index in [2.05, 4.69) is 57.9 Å². The molecule has 1 aliphatic rings. The van der Waals surface area contributed by atoms with Crippen molar-refractivity contribution in [2.24, 2.45) is 5.92 Å². The second-order valence-corrected chi connectivity index (χ2v) is 13.6. The zero-order chi connectivity index (χ0) is 15.1. The van der Waals surface area contributed by atoms with E-state index in [1.54, 1.807) is 11.3 Å². The summed E-state index contributed by atoms with van der Waals surface area (Å²) in [6.07, 6.45) is 2.61. The first-order chi connectivity index (χ1) is 9.10. The fourth-order valence-electron chi connectivity index (χ4n) is 2.35. The van der Waals surface area contributed by atoms with Gasteiger partial charge in [0.2, 0.25) is 0 Å². The Balaban J connectivity index is 2.01. The molecule has 1 fully saturated rings. The molecular formula is C15H28N2OSSi. The standard InChI is InChI=1S/C15H28N2OSSi/c1-10-8-12(9-10)14-17-16-13(19-14)11(2)18-20(6,7)15(3,4)5/h10-12H,8-9H2,1-7H3/t10-,11-,12+/m0/s1. The molecule has 0 amide bonds. The van der Waals surface area contributed by atoms with Crippen LogP contribution in [0.3, 0.4) is 0 Å². The summed E-state index contributed by atoms with van der Waals surface area (Å²) in [7, 11) is -1.74. The first kappa shape index (κ1) is 16.1. The Kier molecular flexibility index (Phi) is 4.43. The van der Waals surface area contributed by atoms with Crippen LogP contribution in [-0.2, 0) is 4.43 Å². The Bertz CT molecular complexity index is 461. The van der Waals surface area contributed by atoms with Gasteiger partial charge in [0, 0.05) is 5.92 Å². The predicted octanol–water partition coefficient (Wildman–Crippen LogP) is 5.13. The highest BCUT2D eigenvalue weighted by atomic mass is 32.1. The molecular weight excluding hydrogens is 284 g/mol. The van der Waals surface area contributed by atoms with Gasteiger partial charge in [-0.05, 0) is 43.8 Å². The van der Waals surface area contributed by atoms with Crippen LogP contribution >= 0.6 is 11.3 Å². The van der Waals surface area contributed by atoms with Gasteiger partial charge in [-0.25, -0.2) is 0 Å². The van der Waals surface area contributed by atoms with E-state index < -0.39 is 8.32 Å². The van der Waals surface area contributed by atoms with Crippen LogP contribution in [0.25, 0.3) is 0 Å². The van der Waals surface area contributed by atoms with Gasteiger partial charge in [-0.3, -0.25) is 0 Å². The third kappa shape index (κ3) is 3.31. The molecule has 1 aromatic rings. The highest BCUT2D eigenvalue weighted by Gasteiger charge is 2.39. The summed E-state index contributed by atoms with van der Waals surface area (Å²) < 4.78 is 6.40. The zero-order valence-electron chi connectivity index (χ0n) is 13.9. The Labute approximate surface area is 128 Å². The van der Waals surface area contributed by atoms with E-state index in [0.717, 1.165) is 10.9 Å². The lowest BCUT2D eigenvalue weighted by molar-refractivity contribution is 0.201. The first-order valence-corrected chi connectivity index (χ1v) is 11.3. The number of hydrogen-bond donors (Lipinski definition) is 0. The van der Waals surface area contributed by atoms with E-state index in [-0.39, 0.29) is 11.1 Å². The van der Waals surface area contributed by atoms with Crippen molar-refractivity contribution in [3.8, 4) is 0 Å². The van der Waals surface area contributed by atoms with Gasteiger partial charge in [-0.1, -0.05) is 39.0 Å². The van der Waals surface area contributed by atoms with Crippen LogP contribution < -0.4 is 0 Å². The molecule has 1 atom stereocenters. The molecule has 0 aliphatic heterocycles. The largest absolute Gasteiger partial charge is 0.408 e. The maximum Gasteiger partial charge on any atom is 0.193 e. The average molecular weight is 313 g/mol. The van der Waals surface area contributed by atoms with E-state index in [1.807, 2.05) is 0 Å². The van der Waals surface area contributed by atoms with E-state index in [0.29, 0.717) is 5.92 Å². The molecule has 1 aromatic heterocycles. The Morgan fingerprint density at radius 1 is 1.25 bits per heavy atom. The Morgan fingerprint density at radius 3 is 2.35 bits per heavy atom. The maximum atomic E-state index is 6.40. The fraction of sp³-hybridized carbons (Fsp3) is 0.867. The van der Waals surface area contributed by atoms with Crippen LogP contribution in [-0.4, -0.2) is 18.5 Å². The van der Waals surface area contributed by atoms with E-state index >= 15 is 0 Å². The lowest BCUT2D eigenvalue weighted by Crippen LogP contribution is -2.41. The highest BCUT2D eigenvalue weighted by Crippen LogP contribution is 2.44. The third-order valence-electron chi connectivity index (χ3n) is 4.80. The van der Waals surface area contributed by atoms with E-state index in [4.69, 9.17) is 4.43 Å². The summed E-state index contributed by atoms with van der Waals surface area (Å²) in [6, 6.07) is 0. The molecule has 0 aromatic carbocycles. The van der Waals surface area contributed by atoms with Crippen molar-refractivity contribution in [1.82, 2.24) is 10.2 Å². The third-order valence-corrected chi connectivity index (χ3v) is 10.6. The summed E-state index contributed by atoms with van der Waals surface area (Å²) in [5, 5.41) is 11.3. The molecule has 114 valence electrons. The van der Waals surface area contributed by atoms with Gasteiger partial charge >= 0.3 is 0 Å². The van der Waals surface area contributed by atoms with E-state index in [1.165, 1.54) is 17.8 Å². The van der Waals surface area contributed by atoms with Crippen LogP contribution in [0.15, 0.2) is 0 Å². The second-order valence-electron chi connectivity index (χ2n) is 7.77. The van der Waals surface area contributed by atoms with Crippen LogP contribution in [0.2, 0.25) is 18.1 Å². The number of rotatable bonds is 4. The van der Waals surface area contributed by atoms with Crippen molar-refractivity contribution in [3.63, 3.8) is 0 Å². The van der Waals surface area contributed by atoms with E-state index in [9.17, 15) is 0 Å². The van der Waals surface area contributed by atoms with Crippen LogP contribution in [0, 0.1) is 5.92 Å². The van der Waals surface area contributed by atoms with Crippen molar-refractivity contribution in [2.45, 2.75) is 77.6 Å². The molecule has 0 saturated heterocycles. The zero-order valence-corrected chi connectivity index (χ0v) is 15.7. The molecule has 20 heavy (non-hydrogen) atoms. The molecule has 3 nitrogen and oxygen atoms in total. The topological polar surface area (TPSA) is 35.0 Å². The van der Waals surface area contributed by atoms with Crippen LogP contribution in [0.4, 0.5) is 0 Å². The second kappa shape index (κ2) is 5.50. The molecule has 1 heterocycles. The normalized spacial score (nSPS) is 25.4. The minimum atomic E-state index is -1.74. The van der Waals surface area contributed by atoms with Crippen molar-refractivity contribution in [3.05, 3.63) is 10.0 Å². The molecule has 2 rings (SSSR count). The van der Waals surface area contributed by atoms with Crippen LogP contribution in [0.1, 0.15) is 69.5 Å². The van der Waals surface area contributed by atoms with Crippen molar-refractivity contribution >= 4 is 19.7 Å². The Morgan fingerprint density at radius 2 is 1.85 bits per heavy atom. The minimum Gasteiger partial charge on any atom is -0.408 e. The monoisotopic (exact) mass is 312 g/mol. The maximum absolute atomic E-state index is 6.40.